The molecule has 3 amide bonds. The Bertz CT molecular complexity index is 631. The monoisotopic (exact) mass is 287 g/mol. The van der Waals surface area contributed by atoms with Gasteiger partial charge in [0.15, 0.2) is 0 Å². The molecule has 0 atom stereocenters. The van der Waals surface area contributed by atoms with Crippen LogP contribution in [0.4, 0.5) is 4.79 Å². The summed E-state index contributed by atoms with van der Waals surface area (Å²) in [5.41, 5.74) is 6.87. The molecule has 0 aliphatic carbocycles. The minimum Gasteiger partial charge on any atom is -0.495 e. The van der Waals surface area contributed by atoms with E-state index in [0.29, 0.717) is 11.3 Å². The number of carbonyl (C=O) groups is 2. The summed E-state index contributed by atoms with van der Waals surface area (Å²) >= 11 is 0. The van der Waals surface area contributed by atoms with Gasteiger partial charge in [-0.1, -0.05) is 17.9 Å². The van der Waals surface area contributed by atoms with Crippen molar-refractivity contribution in [2.45, 2.75) is 6.54 Å². The van der Waals surface area contributed by atoms with E-state index in [9.17, 15) is 9.59 Å². The fraction of sp³-hybridized carbons (Fsp3) is 0.333. The lowest BCUT2D eigenvalue weighted by atomic mass is 10.1. The number of nitrogens with two attached hydrogens (primary N) is 1. The van der Waals surface area contributed by atoms with Gasteiger partial charge in [-0.15, -0.1) is 0 Å². The first kappa shape index (κ1) is 14.9. The number of hydrogen-bond acceptors (Lipinski definition) is 4. The van der Waals surface area contributed by atoms with Gasteiger partial charge in [0.05, 0.1) is 25.8 Å². The van der Waals surface area contributed by atoms with Crippen LogP contribution in [0.3, 0.4) is 0 Å². The lowest BCUT2D eigenvalue weighted by Crippen LogP contribution is -2.31. The maximum atomic E-state index is 11.9. The largest absolute Gasteiger partial charge is 0.495 e. The van der Waals surface area contributed by atoms with Crippen LogP contribution in [-0.2, 0) is 11.3 Å². The maximum absolute atomic E-state index is 11.9. The number of nitrogens with zero attached hydrogens (tertiary/aromatic N) is 2. The maximum Gasteiger partial charge on any atom is 0.327 e. The molecule has 1 fully saturated rings. The van der Waals surface area contributed by atoms with Crippen LogP contribution < -0.4 is 10.5 Å². The SMILES string of the molecule is COc1ccc(CN2C(=O)CN(C)C2=O)cc1C#CCN. The number of carbonyl (C=O) groups excluding carboxylic acids is 2. The van der Waals surface area contributed by atoms with Gasteiger partial charge in [-0.3, -0.25) is 9.69 Å². The summed E-state index contributed by atoms with van der Waals surface area (Å²) < 4.78 is 5.23. The second-order valence-electron chi connectivity index (χ2n) is 4.66. The molecule has 0 radical (unpaired) electrons. The lowest BCUT2D eigenvalue weighted by Gasteiger charge is -2.15. The van der Waals surface area contributed by atoms with E-state index in [4.69, 9.17) is 10.5 Å². The van der Waals surface area contributed by atoms with Crippen LogP contribution in [0.25, 0.3) is 0 Å². The molecule has 1 aromatic carbocycles. The highest BCUT2D eigenvalue weighted by atomic mass is 16.5. The molecule has 1 heterocycles. The average Bonchev–Trinajstić information content (AvgIpc) is 2.72. The molecule has 21 heavy (non-hydrogen) atoms. The van der Waals surface area contributed by atoms with E-state index in [1.54, 1.807) is 26.3 Å². The summed E-state index contributed by atoms with van der Waals surface area (Å²) in [6, 6.07) is 5.10. The van der Waals surface area contributed by atoms with Gasteiger partial charge in [0.25, 0.3) is 5.91 Å². The molecule has 2 rings (SSSR count). The van der Waals surface area contributed by atoms with Crippen LogP contribution in [0.5, 0.6) is 5.75 Å². The highest BCUT2D eigenvalue weighted by Crippen LogP contribution is 2.21. The zero-order valence-corrected chi connectivity index (χ0v) is 12.0. The third-order valence-electron chi connectivity index (χ3n) is 3.16. The predicted octanol–water partition coefficient (Wildman–Crippen LogP) is 0.399. The number of ether oxygens (including phenoxy) is 1. The second-order valence-corrected chi connectivity index (χ2v) is 4.66. The smallest absolute Gasteiger partial charge is 0.327 e. The number of urea groups is 1. The van der Waals surface area contributed by atoms with Gasteiger partial charge in [0.1, 0.15) is 12.3 Å². The second kappa shape index (κ2) is 6.29. The zero-order chi connectivity index (χ0) is 15.4. The van der Waals surface area contributed by atoms with Gasteiger partial charge in [-0.05, 0) is 17.7 Å². The summed E-state index contributed by atoms with van der Waals surface area (Å²) in [6.45, 7) is 0.597. The van der Waals surface area contributed by atoms with Crippen LogP contribution in [0, 0.1) is 11.8 Å². The molecule has 0 bridgehead atoms. The summed E-state index contributed by atoms with van der Waals surface area (Å²) in [5, 5.41) is 0. The Morgan fingerprint density at radius 1 is 1.38 bits per heavy atom. The van der Waals surface area contributed by atoms with Gasteiger partial charge >= 0.3 is 6.03 Å². The molecule has 2 N–H and O–H groups in total. The molecule has 6 nitrogen and oxygen atoms in total. The van der Waals surface area contributed by atoms with Gasteiger partial charge in [0, 0.05) is 7.05 Å². The van der Waals surface area contributed by atoms with Crippen molar-refractivity contribution in [3.63, 3.8) is 0 Å². The number of hydrogen-bond donors (Lipinski definition) is 1. The van der Waals surface area contributed by atoms with E-state index in [0.717, 1.165) is 5.56 Å². The number of rotatable bonds is 3. The van der Waals surface area contributed by atoms with Crippen molar-refractivity contribution in [1.82, 2.24) is 9.80 Å². The van der Waals surface area contributed by atoms with Crippen LogP contribution >= 0.6 is 0 Å². The van der Waals surface area contributed by atoms with Crippen molar-refractivity contribution < 1.29 is 14.3 Å². The summed E-state index contributed by atoms with van der Waals surface area (Å²) in [7, 11) is 3.16. The van der Waals surface area contributed by atoms with Gasteiger partial charge in [-0.2, -0.15) is 0 Å². The van der Waals surface area contributed by atoms with Crippen LogP contribution in [0.1, 0.15) is 11.1 Å². The standard InChI is InChI=1S/C15H17N3O3/c1-17-10-14(19)18(15(17)20)9-11-5-6-13(21-2)12(8-11)4-3-7-16/h5-6,8H,7,9-10,16H2,1-2H3. The molecule has 1 aromatic rings. The molecule has 1 aliphatic heterocycles. The molecule has 0 aromatic heterocycles. The van der Waals surface area contributed by atoms with Crippen molar-refractivity contribution in [2.24, 2.45) is 5.73 Å². The molecule has 1 saturated heterocycles. The van der Waals surface area contributed by atoms with Crippen molar-refractivity contribution in [3.8, 4) is 17.6 Å². The van der Waals surface area contributed by atoms with Crippen molar-refractivity contribution >= 4 is 11.9 Å². The normalized spacial score (nSPS) is 14.2. The Balaban J connectivity index is 2.25. The molecule has 110 valence electrons. The first-order chi connectivity index (χ1) is 10.1. The Kier molecular flexibility index (Phi) is 4.45. The quantitative estimate of drug-likeness (QED) is 0.645. The molecule has 0 unspecified atom stereocenters. The fourth-order valence-electron chi connectivity index (χ4n) is 2.10. The van der Waals surface area contributed by atoms with E-state index in [1.807, 2.05) is 6.07 Å². The topological polar surface area (TPSA) is 75.9 Å². The van der Waals surface area contributed by atoms with E-state index in [2.05, 4.69) is 11.8 Å². The number of benzene rings is 1. The highest BCUT2D eigenvalue weighted by Gasteiger charge is 2.33. The third-order valence-corrected chi connectivity index (χ3v) is 3.16. The van der Waals surface area contributed by atoms with Crippen molar-refractivity contribution in [2.75, 3.05) is 27.2 Å². The van der Waals surface area contributed by atoms with Crippen molar-refractivity contribution in [3.05, 3.63) is 29.3 Å². The first-order valence-electron chi connectivity index (χ1n) is 6.48. The molecule has 6 heteroatoms. The van der Waals surface area contributed by atoms with E-state index < -0.39 is 0 Å². The highest BCUT2D eigenvalue weighted by molar-refractivity contribution is 6.01. The first-order valence-corrected chi connectivity index (χ1v) is 6.48. The van der Waals surface area contributed by atoms with E-state index in [1.165, 1.54) is 9.80 Å². The van der Waals surface area contributed by atoms with Crippen LogP contribution in [0.15, 0.2) is 18.2 Å². The van der Waals surface area contributed by atoms with E-state index >= 15 is 0 Å². The van der Waals surface area contributed by atoms with Crippen LogP contribution in [0.2, 0.25) is 0 Å². The predicted molar refractivity (Wildman–Crippen MR) is 77.5 cm³/mol. The summed E-state index contributed by atoms with van der Waals surface area (Å²) in [4.78, 5) is 26.2. The lowest BCUT2D eigenvalue weighted by molar-refractivity contribution is -0.125. The third kappa shape index (κ3) is 3.15. The molecular weight excluding hydrogens is 270 g/mol. The summed E-state index contributed by atoms with van der Waals surface area (Å²) in [6.07, 6.45) is 0. The summed E-state index contributed by atoms with van der Waals surface area (Å²) in [5.74, 6) is 6.12. The number of amides is 3. The molecule has 0 saturated carbocycles. The van der Waals surface area contributed by atoms with Crippen LogP contribution in [-0.4, -0.2) is 49.0 Å². The Hall–Kier alpha value is -2.52. The molecule has 1 aliphatic rings. The molecule has 0 spiro atoms. The van der Waals surface area contributed by atoms with Gasteiger partial charge < -0.3 is 15.4 Å². The van der Waals surface area contributed by atoms with E-state index in [-0.39, 0.29) is 31.6 Å². The van der Waals surface area contributed by atoms with Crippen molar-refractivity contribution in [1.29, 1.82) is 0 Å². The Morgan fingerprint density at radius 3 is 2.71 bits per heavy atom. The number of imide groups is 1. The Labute approximate surface area is 123 Å². The molecular formula is C15H17N3O3. The minimum absolute atomic E-state index is 0.120. The van der Waals surface area contributed by atoms with Gasteiger partial charge in [-0.25, -0.2) is 4.79 Å². The number of likely N-dealkylation sites (N-methyl/N-ethyl adjacent to an activating group) is 1. The average molecular weight is 287 g/mol. The fourth-order valence-corrected chi connectivity index (χ4v) is 2.10. The zero-order valence-electron chi connectivity index (χ0n) is 12.0. The van der Waals surface area contributed by atoms with Gasteiger partial charge in [0.2, 0.25) is 0 Å². The minimum atomic E-state index is -0.287. The Morgan fingerprint density at radius 2 is 2.14 bits per heavy atom. The number of methoxy groups -OCH3 is 1.